The molecule has 0 spiro atoms. The van der Waals surface area contributed by atoms with E-state index in [1.807, 2.05) is 37.3 Å². The van der Waals surface area contributed by atoms with Gasteiger partial charge >= 0.3 is 0 Å². The molecule has 2 aromatic rings. The number of hydrogen-bond acceptors (Lipinski definition) is 2. The summed E-state index contributed by atoms with van der Waals surface area (Å²) >= 11 is 5.59. The van der Waals surface area contributed by atoms with Crippen LogP contribution in [0, 0.1) is 6.92 Å². The summed E-state index contributed by atoms with van der Waals surface area (Å²) in [6.45, 7) is 2.05. The second-order valence-corrected chi connectivity index (χ2v) is 4.13. The normalized spacial score (nSPS) is 11.6. The van der Waals surface area contributed by atoms with Crippen LogP contribution in [-0.4, -0.2) is 10.9 Å². The van der Waals surface area contributed by atoms with Crippen LogP contribution >= 0.6 is 11.6 Å². The summed E-state index contributed by atoms with van der Waals surface area (Å²) in [7, 11) is 0. The first-order valence-electron chi connectivity index (χ1n) is 5.39. The molecule has 0 bridgehead atoms. The molecule has 0 atom stereocenters. The van der Waals surface area contributed by atoms with Crippen LogP contribution in [0.15, 0.2) is 28.7 Å². The van der Waals surface area contributed by atoms with Crippen molar-refractivity contribution in [3.05, 3.63) is 35.7 Å². The first-order chi connectivity index (χ1) is 7.79. The zero-order valence-electron chi connectivity index (χ0n) is 9.24. The van der Waals surface area contributed by atoms with Gasteiger partial charge in [0.25, 0.3) is 0 Å². The van der Waals surface area contributed by atoms with Crippen molar-refractivity contribution in [3.8, 4) is 0 Å². The molecule has 0 radical (unpaired) electrons. The lowest BCUT2D eigenvalue weighted by molar-refractivity contribution is 0.589. The molecule has 0 amide bonds. The average molecular weight is 236 g/mol. The molecule has 0 aliphatic heterocycles. The summed E-state index contributed by atoms with van der Waals surface area (Å²) in [5.74, 6) is 1.35. The van der Waals surface area contributed by atoms with E-state index in [9.17, 15) is 0 Å². The Morgan fingerprint density at radius 1 is 1.44 bits per heavy atom. The minimum Gasteiger partial charge on any atom is -0.437 e. The molecular weight excluding hydrogens is 222 g/mol. The maximum absolute atomic E-state index is 5.59. The van der Waals surface area contributed by atoms with E-state index in [0.29, 0.717) is 11.8 Å². The van der Waals surface area contributed by atoms with Gasteiger partial charge in [0, 0.05) is 5.88 Å². The fourth-order valence-corrected chi connectivity index (χ4v) is 1.66. The Kier molecular flexibility index (Phi) is 3.62. The molecule has 84 valence electrons. The van der Waals surface area contributed by atoms with Gasteiger partial charge in [-0.25, -0.2) is 4.98 Å². The van der Waals surface area contributed by atoms with Gasteiger partial charge in [-0.3, -0.25) is 0 Å². The van der Waals surface area contributed by atoms with E-state index in [4.69, 9.17) is 16.0 Å². The van der Waals surface area contributed by atoms with Crippen LogP contribution in [0.1, 0.15) is 24.3 Å². The molecule has 2 nitrogen and oxygen atoms in total. The number of nitrogens with zero attached hydrogens (tertiary/aromatic N) is 1. The Labute approximate surface area is 99.9 Å². The number of alkyl halides is 1. The van der Waals surface area contributed by atoms with E-state index in [1.165, 1.54) is 5.56 Å². The summed E-state index contributed by atoms with van der Waals surface area (Å²) in [6.07, 6.45) is 5.89. The van der Waals surface area contributed by atoms with E-state index in [0.717, 1.165) is 23.9 Å². The monoisotopic (exact) mass is 235 g/mol. The Balaban J connectivity index is 2.16. The van der Waals surface area contributed by atoms with Gasteiger partial charge in [0.15, 0.2) is 5.58 Å². The second-order valence-electron chi connectivity index (χ2n) is 3.76. The number of fused-ring (bicyclic) bond motifs is 1. The molecule has 1 aromatic heterocycles. The first-order valence-corrected chi connectivity index (χ1v) is 5.93. The molecule has 1 heterocycles. The average Bonchev–Trinajstić information content (AvgIpc) is 2.66. The summed E-state index contributed by atoms with van der Waals surface area (Å²) in [4.78, 5) is 4.38. The van der Waals surface area contributed by atoms with Crippen molar-refractivity contribution >= 4 is 28.8 Å². The number of benzene rings is 1. The van der Waals surface area contributed by atoms with Gasteiger partial charge < -0.3 is 4.42 Å². The standard InChI is InChI=1S/C13H14ClNO/c1-10-6-7-12-11(9-10)15-13(16-12)5-3-2-4-8-14/h3,5-7,9H,2,4,8H2,1H3/b5-3+. The quantitative estimate of drug-likeness (QED) is 0.587. The molecule has 0 N–H and O–H groups in total. The van der Waals surface area contributed by atoms with Gasteiger partial charge in [-0.1, -0.05) is 12.1 Å². The van der Waals surface area contributed by atoms with Crippen molar-refractivity contribution in [2.45, 2.75) is 19.8 Å². The molecule has 16 heavy (non-hydrogen) atoms. The van der Waals surface area contributed by atoms with Crippen molar-refractivity contribution < 1.29 is 4.42 Å². The highest BCUT2D eigenvalue weighted by Crippen LogP contribution is 2.17. The second kappa shape index (κ2) is 5.17. The summed E-state index contributed by atoms with van der Waals surface area (Å²) < 4.78 is 5.57. The zero-order chi connectivity index (χ0) is 11.4. The minimum atomic E-state index is 0.662. The summed E-state index contributed by atoms with van der Waals surface area (Å²) in [5.41, 5.74) is 2.94. The molecular formula is C13H14ClNO. The van der Waals surface area contributed by atoms with Crippen LogP contribution in [0.25, 0.3) is 17.2 Å². The van der Waals surface area contributed by atoms with E-state index in [-0.39, 0.29) is 0 Å². The molecule has 1 aromatic carbocycles. The van der Waals surface area contributed by atoms with Crippen molar-refractivity contribution in [2.75, 3.05) is 5.88 Å². The van der Waals surface area contributed by atoms with Crippen LogP contribution in [0.2, 0.25) is 0 Å². The molecule has 0 aliphatic carbocycles. The number of aryl methyl sites for hydroxylation is 1. The Morgan fingerprint density at radius 2 is 2.31 bits per heavy atom. The third-order valence-electron chi connectivity index (χ3n) is 2.32. The largest absolute Gasteiger partial charge is 0.437 e. The van der Waals surface area contributed by atoms with Gasteiger partial charge in [0.2, 0.25) is 5.89 Å². The number of rotatable bonds is 4. The lowest BCUT2D eigenvalue weighted by Crippen LogP contribution is -1.73. The molecule has 0 fully saturated rings. The van der Waals surface area contributed by atoms with Crippen molar-refractivity contribution in [2.24, 2.45) is 0 Å². The fourth-order valence-electron chi connectivity index (χ4n) is 1.51. The number of oxazole rings is 1. The highest BCUT2D eigenvalue weighted by atomic mass is 35.5. The number of aromatic nitrogens is 1. The maximum atomic E-state index is 5.59. The van der Waals surface area contributed by atoms with E-state index < -0.39 is 0 Å². The van der Waals surface area contributed by atoms with Gasteiger partial charge in [-0.15, -0.1) is 11.6 Å². The summed E-state index contributed by atoms with van der Waals surface area (Å²) in [6, 6.07) is 6.00. The Morgan fingerprint density at radius 3 is 3.12 bits per heavy atom. The SMILES string of the molecule is Cc1ccc2oc(/C=C/CCCCl)nc2c1. The molecule has 0 saturated heterocycles. The van der Waals surface area contributed by atoms with E-state index in [2.05, 4.69) is 4.98 Å². The highest BCUT2D eigenvalue weighted by molar-refractivity contribution is 6.17. The van der Waals surface area contributed by atoms with Gasteiger partial charge in [0.1, 0.15) is 5.52 Å². The summed E-state index contributed by atoms with van der Waals surface area (Å²) in [5, 5.41) is 0. The minimum absolute atomic E-state index is 0.662. The molecule has 0 unspecified atom stereocenters. The van der Waals surface area contributed by atoms with Crippen LogP contribution < -0.4 is 0 Å². The number of hydrogen-bond donors (Lipinski definition) is 0. The van der Waals surface area contributed by atoms with Gasteiger partial charge in [0.05, 0.1) is 0 Å². The van der Waals surface area contributed by atoms with E-state index >= 15 is 0 Å². The molecule has 3 heteroatoms. The third kappa shape index (κ3) is 2.64. The predicted octanol–water partition coefficient (Wildman–Crippen LogP) is 4.17. The smallest absolute Gasteiger partial charge is 0.219 e. The highest BCUT2D eigenvalue weighted by Gasteiger charge is 2.02. The lowest BCUT2D eigenvalue weighted by Gasteiger charge is -1.87. The van der Waals surface area contributed by atoms with Crippen molar-refractivity contribution in [3.63, 3.8) is 0 Å². The topological polar surface area (TPSA) is 26.0 Å². The number of halogens is 1. The Bertz CT molecular complexity index is 502. The van der Waals surface area contributed by atoms with Crippen LogP contribution in [0.4, 0.5) is 0 Å². The fraction of sp³-hybridized carbons (Fsp3) is 0.308. The molecule has 0 saturated carbocycles. The first kappa shape index (κ1) is 11.2. The molecule has 2 rings (SSSR count). The van der Waals surface area contributed by atoms with Crippen molar-refractivity contribution in [1.29, 1.82) is 0 Å². The predicted molar refractivity (Wildman–Crippen MR) is 67.7 cm³/mol. The van der Waals surface area contributed by atoms with Crippen molar-refractivity contribution in [1.82, 2.24) is 4.98 Å². The van der Waals surface area contributed by atoms with Crippen LogP contribution in [0.3, 0.4) is 0 Å². The number of allylic oxidation sites excluding steroid dienone is 1. The third-order valence-corrected chi connectivity index (χ3v) is 2.59. The maximum Gasteiger partial charge on any atom is 0.219 e. The lowest BCUT2D eigenvalue weighted by atomic mass is 10.2. The molecule has 0 aliphatic rings. The van der Waals surface area contributed by atoms with E-state index in [1.54, 1.807) is 0 Å². The number of unbranched alkanes of at least 4 members (excludes halogenated alkanes) is 1. The van der Waals surface area contributed by atoms with Gasteiger partial charge in [-0.2, -0.15) is 0 Å². The van der Waals surface area contributed by atoms with Gasteiger partial charge in [-0.05, 0) is 43.5 Å². The van der Waals surface area contributed by atoms with Crippen LogP contribution in [0.5, 0.6) is 0 Å². The Hall–Kier alpha value is -1.28. The zero-order valence-corrected chi connectivity index (χ0v) is 10.00. The van der Waals surface area contributed by atoms with Crippen LogP contribution in [-0.2, 0) is 0 Å².